The molecule has 110 valence electrons. The van der Waals surface area contributed by atoms with Gasteiger partial charge in [0, 0.05) is 32.0 Å². The van der Waals surface area contributed by atoms with Crippen LogP contribution in [0.25, 0.3) is 0 Å². The number of nitrogens with zero attached hydrogens (tertiary/aromatic N) is 1. The standard InChI is InChI=1S/C12H22N2O4S/c1-9(2)14(10(3)15)6-4-12(16)13-11-5-7-19(17,18)8-11/h9,11H,4-8H2,1-3H3,(H,13,16). The van der Waals surface area contributed by atoms with Crippen molar-refractivity contribution in [2.24, 2.45) is 0 Å². The van der Waals surface area contributed by atoms with Crippen LogP contribution >= 0.6 is 0 Å². The Morgan fingerprint density at radius 3 is 2.42 bits per heavy atom. The number of rotatable bonds is 5. The molecule has 1 aliphatic rings. The van der Waals surface area contributed by atoms with Gasteiger partial charge in [0.05, 0.1) is 11.5 Å². The molecule has 0 aromatic carbocycles. The van der Waals surface area contributed by atoms with Crippen molar-refractivity contribution < 1.29 is 18.0 Å². The minimum atomic E-state index is -2.98. The summed E-state index contributed by atoms with van der Waals surface area (Å²) in [4.78, 5) is 24.7. The highest BCUT2D eigenvalue weighted by Gasteiger charge is 2.28. The number of nitrogens with one attached hydrogen (secondary N) is 1. The lowest BCUT2D eigenvalue weighted by atomic mass is 10.2. The molecule has 1 aliphatic heterocycles. The van der Waals surface area contributed by atoms with Gasteiger partial charge in [0.2, 0.25) is 11.8 Å². The zero-order chi connectivity index (χ0) is 14.6. The number of carbonyl (C=O) groups excluding carboxylic acids is 2. The molecule has 7 heteroatoms. The third kappa shape index (κ3) is 5.18. The van der Waals surface area contributed by atoms with Crippen molar-refractivity contribution in [1.82, 2.24) is 10.2 Å². The van der Waals surface area contributed by atoms with E-state index in [1.807, 2.05) is 13.8 Å². The van der Waals surface area contributed by atoms with Crippen LogP contribution in [0.5, 0.6) is 0 Å². The van der Waals surface area contributed by atoms with E-state index in [4.69, 9.17) is 0 Å². The summed E-state index contributed by atoms with van der Waals surface area (Å²) in [6.07, 6.45) is 0.684. The second kappa shape index (κ2) is 6.36. The summed E-state index contributed by atoms with van der Waals surface area (Å²) in [5.74, 6) is -0.0942. The van der Waals surface area contributed by atoms with E-state index in [1.165, 1.54) is 6.92 Å². The van der Waals surface area contributed by atoms with Crippen molar-refractivity contribution in [3.05, 3.63) is 0 Å². The normalized spacial score (nSPS) is 21.4. The topological polar surface area (TPSA) is 83.6 Å². The number of carbonyl (C=O) groups is 2. The van der Waals surface area contributed by atoms with Crippen LogP contribution in [0.2, 0.25) is 0 Å². The predicted octanol–water partition coefficient (Wildman–Crippen LogP) is -0.0633. The highest BCUT2D eigenvalue weighted by atomic mass is 32.2. The molecule has 1 fully saturated rings. The third-order valence-electron chi connectivity index (χ3n) is 3.21. The first-order chi connectivity index (χ1) is 8.71. The van der Waals surface area contributed by atoms with Gasteiger partial charge in [-0.25, -0.2) is 8.42 Å². The summed E-state index contributed by atoms with van der Waals surface area (Å²) >= 11 is 0. The maximum absolute atomic E-state index is 11.7. The van der Waals surface area contributed by atoms with Crippen molar-refractivity contribution in [3.63, 3.8) is 0 Å². The minimum absolute atomic E-state index is 0.0271. The van der Waals surface area contributed by atoms with E-state index >= 15 is 0 Å². The number of amides is 2. The van der Waals surface area contributed by atoms with Crippen molar-refractivity contribution in [3.8, 4) is 0 Å². The van der Waals surface area contributed by atoms with Crippen molar-refractivity contribution in [2.75, 3.05) is 18.1 Å². The van der Waals surface area contributed by atoms with Crippen LogP contribution in [0.15, 0.2) is 0 Å². The summed E-state index contributed by atoms with van der Waals surface area (Å²) in [5.41, 5.74) is 0. The van der Waals surface area contributed by atoms with Crippen LogP contribution in [0, 0.1) is 0 Å². The molecule has 0 aromatic heterocycles. The van der Waals surface area contributed by atoms with E-state index in [-0.39, 0.29) is 41.8 Å². The zero-order valence-electron chi connectivity index (χ0n) is 11.7. The largest absolute Gasteiger partial charge is 0.352 e. The lowest BCUT2D eigenvalue weighted by Gasteiger charge is -2.25. The molecular weight excluding hydrogens is 268 g/mol. The number of hydrogen-bond donors (Lipinski definition) is 1. The Morgan fingerprint density at radius 2 is 2.00 bits per heavy atom. The highest BCUT2D eigenvalue weighted by Crippen LogP contribution is 2.11. The van der Waals surface area contributed by atoms with Crippen molar-refractivity contribution in [1.29, 1.82) is 0 Å². The van der Waals surface area contributed by atoms with Gasteiger partial charge in [0.1, 0.15) is 0 Å². The summed E-state index contributed by atoms with van der Waals surface area (Å²) in [6, 6.07) is -0.223. The molecule has 1 N–H and O–H groups in total. The van der Waals surface area contributed by atoms with Gasteiger partial charge in [-0.2, -0.15) is 0 Å². The smallest absolute Gasteiger partial charge is 0.222 e. The molecule has 6 nitrogen and oxygen atoms in total. The second-order valence-corrected chi connectivity index (χ2v) is 7.45. The van der Waals surface area contributed by atoms with E-state index < -0.39 is 9.84 Å². The van der Waals surface area contributed by atoms with E-state index in [0.717, 1.165) is 0 Å². The van der Waals surface area contributed by atoms with Crippen LogP contribution in [-0.2, 0) is 19.4 Å². The van der Waals surface area contributed by atoms with Gasteiger partial charge in [-0.15, -0.1) is 0 Å². The molecule has 2 amide bonds. The van der Waals surface area contributed by atoms with Gasteiger partial charge in [-0.1, -0.05) is 0 Å². The minimum Gasteiger partial charge on any atom is -0.352 e. The molecule has 0 bridgehead atoms. The third-order valence-corrected chi connectivity index (χ3v) is 4.97. The average Bonchev–Trinajstić information content (AvgIpc) is 2.56. The first-order valence-electron chi connectivity index (χ1n) is 6.48. The fourth-order valence-corrected chi connectivity index (χ4v) is 3.88. The fraction of sp³-hybridized carbons (Fsp3) is 0.833. The van der Waals surface area contributed by atoms with Crippen LogP contribution in [0.1, 0.15) is 33.6 Å². The quantitative estimate of drug-likeness (QED) is 0.768. The zero-order valence-corrected chi connectivity index (χ0v) is 12.5. The Hall–Kier alpha value is -1.11. The Labute approximate surface area is 114 Å². The Balaban J connectivity index is 2.38. The molecule has 1 unspecified atom stereocenters. The molecule has 0 spiro atoms. The predicted molar refractivity (Wildman–Crippen MR) is 72.3 cm³/mol. The monoisotopic (exact) mass is 290 g/mol. The van der Waals surface area contributed by atoms with Gasteiger partial charge in [-0.05, 0) is 20.3 Å². The second-order valence-electron chi connectivity index (χ2n) is 5.22. The van der Waals surface area contributed by atoms with E-state index in [2.05, 4.69) is 5.32 Å². The summed E-state index contributed by atoms with van der Waals surface area (Å²) in [6.45, 7) is 5.62. The molecular formula is C12H22N2O4S. The highest BCUT2D eigenvalue weighted by molar-refractivity contribution is 7.91. The summed E-state index contributed by atoms with van der Waals surface area (Å²) in [7, 11) is -2.98. The molecule has 0 aliphatic carbocycles. The maximum atomic E-state index is 11.7. The molecule has 1 atom stereocenters. The summed E-state index contributed by atoms with van der Waals surface area (Å²) in [5, 5.41) is 2.71. The molecule has 19 heavy (non-hydrogen) atoms. The molecule has 0 radical (unpaired) electrons. The van der Waals surface area contributed by atoms with Crippen LogP contribution in [0.4, 0.5) is 0 Å². The van der Waals surface area contributed by atoms with E-state index in [9.17, 15) is 18.0 Å². The molecule has 0 aromatic rings. The Bertz CT molecular complexity index is 445. The van der Waals surface area contributed by atoms with E-state index in [0.29, 0.717) is 13.0 Å². The molecule has 1 saturated heterocycles. The maximum Gasteiger partial charge on any atom is 0.222 e. The van der Waals surface area contributed by atoms with Crippen LogP contribution in [0.3, 0.4) is 0 Å². The average molecular weight is 290 g/mol. The van der Waals surface area contributed by atoms with Gasteiger partial charge >= 0.3 is 0 Å². The lowest BCUT2D eigenvalue weighted by Crippen LogP contribution is -2.40. The SMILES string of the molecule is CC(=O)N(CCC(=O)NC1CCS(=O)(=O)C1)C(C)C. The van der Waals surface area contributed by atoms with Crippen LogP contribution in [-0.4, -0.2) is 55.3 Å². The van der Waals surface area contributed by atoms with Crippen LogP contribution < -0.4 is 5.32 Å². The summed E-state index contributed by atoms with van der Waals surface area (Å²) < 4.78 is 22.5. The number of hydrogen-bond acceptors (Lipinski definition) is 4. The van der Waals surface area contributed by atoms with Gasteiger partial charge in [-0.3, -0.25) is 9.59 Å². The number of sulfone groups is 1. The molecule has 1 heterocycles. The first-order valence-corrected chi connectivity index (χ1v) is 8.30. The lowest BCUT2D eigenvalue weighted by molar-refractivity contribution is -0.131. The Morgan fingerprint density at radius 1 is 1.37 bits per heavy atom. The van der Waals surface area contributed by atoms with Gasteiger partial charge < -0.3 is 10.2 Å². The Kier molecular flexibility index (Phi) is 5.34. The van der Waals surface area contributed by atoms with E-state index in [1.54, 1.807) is 4.90 Å². The van der Waals surface area contributed by atoms with Crippen molar-refractivity contribution in [2.45, 2.75) is 45.7 Å². The fourth-order valence-electron chi connectivity index (χ4n) is 2.21. The van der Waals surface area contributed by atoms with Crippen molar-refractivity contribution >= 4 is 21.7 Å². The molecule has 1 rings (SSSR count). The molecule has 0 saturated carbocycles. The van der Waals surface area contributed by atoms with Gasteiger partial charge in [0.15, 0.2) is 9.84 Å². The van der Waals surface area contributed by atoms with Gasteiger partial charge in [0.25, 0.3) is 0 Å². The first kappa shape index (κ1) is 15.9.